The molecule has 1 aromatic carbocycles. The van der Waals surface area contributed by atoms with Crippen LogP contribution in [0.2, 0.25) is 0 Å². The summed E-state index contributed by atoms with van der Waals surface area (Å²) in [6.45, 7) is 6.29. The molecule has 0 radical (unpaired) electrons. The second kappa shape index (κ2) is 7.19. The number of halogens is 1. The molecule has 3 aromatic rings. The first-order valence-corrected chi connectivity index (χ1v) is 10.2. The number of aryl methyl sites for hydroxylation is 2. The second-order valence-electron chi connectivity index (χ2n) is 8.12. The Kier molecular flexibility index (Phi) is 4.49. The number of piperidine rings is 1. The maximum absolute atomic E-state index is 14.6. The van der Waals surface area contributed by atoms with Gasteiger partial charge in [-0.15, -0.1) is 4.80 Å². The highest BCUT2D eigenvalue weighted by Crippen LogP contribution is 2.36. The van der Waals surface area contributed by atoms with Crippen LogP contribution in [0.15, 0.2) is 42.7 Å². The van der Waals surface area contributed by atoms with Gasteiger partial charge in [0.25, 0.3) is 5.91 Å². The normalized spacial score (nSPS) is 20.6. The molecule has 7 nitrogen and oxygen atoms in total. The summed E-state index contributed by atoms with van der Waals surface area (Å²) in [4.78, 5) is 23.3. The minimum atomic E-state index is -0.517. The van der Waals surface area contributed by atoms with Crippen LogP contribution in [0.4, 0.5) is 10.2 Å². The van der Waals surface area contributed by atoms with Crippen molar-refractivity contribution in [3.8, 4) is 5.69 Å². The van der Waals surface area contributed by atoms with Crippen LogP contribution in [0.3, 0.4) is 0 Å². The fraction of sp³-hybridized carbons (Fsp3) is 0.364. The number of likely N-dealkylation sites (tertiary alicyclic amines) is 1. The van der Waals surface area contributed by atoms with Crippen molar-refractivity contribution >= 4 is 11.7 Å². The molecule has 2 aliphatic rings. The van der Waals surface area contributed by atoms with E-state index in [1.807, 2.05) is 11.8 Å². The molecule has 0 saturated carbocycles. The van der Waals surface area contributed by atoms with Gasteiger partial charge in [-0.25, -0.2) is 9.37 Å². The van der Waals surface area contributed by atoms with E-state index in [0.29, 0.717) is 19.0 Å². The SMILES string of the molecule is Cc1cc(C)nc(N2CC3CCN(C(=O)c4cccc(F)c4-n4nccn4)CC32)c1. The number of benzene rings is 1. The first-order chi connectivity index (χ1) is 14.5. The maximum atomic E-state index is 14.6. The lowest BCUT2D eigenvalue weighted by Crippen LogP contribution is -2.65. The van der Waals surface area contributed by atoms with E-state index in [-0.39, 0.29) is 23.2 Å². The van der Waals surface area contributed by atoms with E-state index in [4.69, 9.17) is 0 Å². The monoisotopic (exact) mass is 406 g/mol. The lowest BCUT2D eigenvalue weighted by Gasteiger charge is -2.54. The molecule has 30 heavy (non-hydrogen) atoms. The number of fused-ring (bicyclic) bond motifs is 1. The van der Waals surface area contributed by atoms with Gasteiger partial charge in [-0.3, -0.25) is 4.79 Å². The van der Waals surface area contributed by atoms with Gasteiger partial charge in [0.1, 0.15) is 11.5 Å². The molecule has 2 fully saturated rings. The van der Waals surface area contributed by atoms with E-state index < -0.39 is 5.82 Å². The van der Waals surface area contributed by atoms with Crippen molar-refractivity contribution in [1.82, 2.24) is 24.9 Å². The maximum Gasteiger partial charge on any atom is 0.256 e. The first-order valence-electron chi connectivity index (χ1n) is 10.2. The molecule has 5 rings (SSSR count). The predicted molar refractivity (Wildman–Crippen MR) is 110 cm³/mol. The molecule has 0 bridgehead atoms. The summed E-state index contributed by atoms with van der Waals surface area (Å²) in [6, 6.07) is 8.90. The zero-order valence-electron chi connectivity index (χ0n) is 17.0. The number of para-hydroxylation sites is 1. The van der Waals surface area contributed by atoms with E-state index >= 15 is 0 Å². The summed E-state index contributed by atoms with van der Waals surface area (Å²) in [5, 5.41) is 8.04. The van der Waals surface area contributed by atoms with Gasteiger partial charge in [0.2, 0.25) is 0 Å². The van der Waals surface area contributed by atoms with Crippen molar-refractivity contribution in [3.63, 3.8) is 0 Å². The zero-order valence-corrected chi connectivity index (χ0v) is 17.0. The summed E-state index contributed by atoms with van der Waals surface area (Å²) >= 11 is 0. The summed E-state index contributed by atoms with van der Waals surface area (Å²) in [5.74, 6) is 0.809. The minimum absolute atomic E-state index is 0.0936. The molecule has 0 spiro atoms. The number of hydrogen-bond acceptors (Lipinski definition) is 5. The summed E-state index contributed by atoms with van der Waals surface area (Å²) in [6.07, 6.45) is 3.87. The summed E-state index contributed by atoms with van der Waals surface area (Å²) in [5.41, 5.74) is 2.55. The van der Waals surface area contributed by atoms with Crippen LogP contribution in [0.5, 0.6) is 0 Å². The molecule has 8 heteroatoms. The van der Waals surface area contributed by atoms with Gasteiger partial charge in [0, 0.05) is 31.2 Å². The van der Waals surface area contributed by atoms with Crippen molar-refractivity contribution in [1.29, 1.82) is 0 Å². The molecule has 2 aliphatic heterocycles. The molecule has 0 N–H and O–H groups in total. The molecule has 2 aromatic heterocycles. The van der Waals surface area contributed by atoms with Crippen molar-refractivity contribution in [2.24, 2.45) is 5.92 Å². The van der Waals surface area contributed by atoms with E-state index in [9.17, 15) is 9.18 Å². The highest BCUT2D eigenvalue weighted by molar-refractivity contribution is 5.98. The van der Waals surface area contributed by atoms with Crippen LogP contribution in [-0.4, -0.2) is 56.5 Å². The van der Waals surface area contributed by atoms with Gasteiger partial charge in [-0.2, -0.15) is 10.2 Å². The topological polar surface area (TPSA) is 67.2 Å². The van der Waals surface area contributed by atoms with Gasteiger partial charge < -0.3 is 9.80 Å². The van der Waals surface area contributed by atoms with Crippen molar-refractivity contribution in [2.75, 3.05) is 24.5 Å². The molecule has 2 saturated heterocycles. The lowest BCUT2D eigenvalue weighted by atomic mass is 9.82. The third-order valence-electron chi connectivity index (χ3n) is 6.05. The number of pyridine rings is 1. The van der Waals surface area contributed by atoms with E-state index in [1.165, 1.54) is 28.8 Å². The van der Waals surface area contributed by atoms with Crippen molar-refractivity contribution in [3.05, 3.63) is 65.4 Å². The minimum Gasteiger partial charge on any atom is -0.351 e. The average molecular weight is 406 g/mol. The van der Waals surface area contributed by atoms with Crippen molar-refractivity contribution < 1.29 is 9.18 Å². The Morgan fingerprint density at radius 2 is 1.93 bits per heavy atom. The first kappa shape index (κ1) is 18.7. The smallest absolute Gasteiger partial charge is 0.256 e. The van der Waals surface area contributed by atoms with Crippen LogP contribution < -0.4 is 4.90 Å². The van der Waals surface area contributed by atoms with Crippen LogP contribution in [0.25, 0.3) is 5.69 Å². The lowest BCUT2D eigenvalue weighted by molar-refractivity contribution is 0.0590. The standard InChI is InChI=1S/C22H23FN6O/c1-14-10-15(2)26-20(11-14)28-12-16-6-9-27(13-19(16)28)22(30)17-4-3-5-18(23)21(17)29-24-7-8-25-29/h3-5,7-8,10-11,16,19H,6,9,12-13H2,1-2H3. The molecular formula is C22H23FN6O. The third kappa shape index (κ3) is 3.12. The van der Waals surface area contributed by atoms with Gasteiger partial charge in [0.05, 0.1) is 24.0 Å². The molecular weight excluding hydrogens is 383 g/mol. The van der Waals surface area contributed by atoms with Crippen LogP contribution in [-0.2, 0) is 0 Å². The Morgan fingerprint density at radius 1 is 1.13 bits per heavy atom. The second-order valence-corrected chi connectivity index (χ2v) is 8.12. The number of hydrogen-bond donors (Lipinski definition) is 0. The predicted octanol–water partition coefficient (Wildman–Crippen LogP) is 2.77. The number of amides is 1. The number of aromatic nitrogens is 4. The fourth-order valence-electron chi connectivity index (χ4n) is 4.60. The Labute approximate surface area is 174 Å². The highest BCUT2D eigenvalue weighted by atomic mass is 19.1. The highest BCUT2D eigenvalue weighted by Gasteiger charge is 2.44. The summed E-state index contributed by atoms with van der Waals surface area (Å²) in [7, 11) is 0. The van der Waals surface area contributed by atoms with E-state index in [1.54, 1.807) is 12.1 Å². The van der Waals surface area contributed by atoms with Gasteiger partial charge >= 0.3 is 0 Å². The third-order valence-corrected chi connectivity index (χ3v) is 6.05. The van der Waals surface area contributed by atoms with Gasteiger partial charge in [-0.05, 0) is 50.1 Å². The molecule has 4 heterocycles. The zero-order chi connectivity index (χ0) is 20.8. The van der Waals surface area contributed by atoms with Crippen LogP contribution in [0.1, 0.15) is 28.0 Å². The fourth-order valence-corrected chi connectivity index (χ4v) is 4.60. The Hall–Kier alpha value is -3.29. The molecule has 154 valence electrons. The number of nitrogens with zero attached hydrogens (tertiary/aromatic N) is 6. The Balaban J connectivity index is 1.40. The summed E-state index contributed by atoms with van der Waals surface area (Å²) < 4.78 is 14.6. The van der Waals surface area contributed by atoms with Crippen LogP contribution in [0, 0.1) is 25.6 Å². The average Bonchev–Trinajstić information content (AvgIpc) is 3.22. The Bertz CT molecular complexity index is 1080. The van der Waals surface area contributed by atoms with Crippen LogP contribution >= 0.6 is 0 Å². The quantitative estimate of drug-likeness (QED) is 0.669. The molecule has 2 unspecified atom stereocenters. The number of carbonyl (C=O) groups excluding carboxylic acids is 1. The molecule has 2 atom stereocenters. The number of anilines is 1. The van der Waals surface area contributed by atoms with Gasteiger partial charge in [0.15, 0.2) is 5.82 Å². The van der Waals surface area contributed by atoms with Crippen molar-refractivity contribution in [2.45, 2.75) is 26.3 Å². The molecule has 0 aliphatic carbocycles. The number of rotatable bonds is 3. The van der Waals surface area contributed by atoms with Gasteiger partial charge in [-0.1, -0.05) is 6.07 Å². The number of carbonyl (C=O) groups is 1. The van der Waals surface area contributed by atoms with E-state index in [0.717, 1.165) is 24.5 Å². The Morgan fingerprint density at radius 3 is 2.70 bits per heavy atom. The largest absolute Gasteiger partial charge is 0.351 e. The van der Waals surface area contributed by atoms with E-state index in [2.05, 4.69) is 39.1 Å². The molecule has 1 amide bonds.